The number of furan rings is 1. The van der Waals surface area contributed by atoms with E-state index in [0.29, 0.717) is 6.54 Å². The predicted molar refractivity (Wildman–Crippen MR) is 64.4 cm³/mol. The summed E-state index contributed by atoms with van der Waals surface area (Å²) in [6.45, 7) is 0.642. The lowest BCUT2D eigenvalue weighted by atomic mass is 10.1. The van der Waals surface area contributed by atoms with Crippen molar-refractivity contribution < 1.29 is 9.52 Å². The van der Waals surface area contributed by atoms with Crippen LogP contribution in [0.25, 0.3) is 0 Å². The first kappa shape index (κ1) is 10.6. The van der Waals surface area contributed by atoms with E-state index < -0.39 is 0 Å². The molecule has 2 aromatic rings. The number of hydrogen-bond acceptors (Lipinski definition) is 3. The highest BCUT2D eigenvalue weighted by atomic mass is 16.3. The van der Waals surface area contributed by atoms with Gasteiger partial charge in [-0.3, -0.25) is 0 Å². The quantitative estimate of drug-likeness (QED) is 0.846. The van der Waals surface area contributed by atoms with Crippen molar-refractivity contribution in [3.63, 3.8) is 0 Å². The van der Waals surface area contributed by atoms with E-state index in [1.165, 1.54) is 11.1 Å². The molecule has 1 heterocycles. The van der Waals surface area contributed by atoms with Gasteiger partial charge < -0.3 is 14.8 Å². The zero-order chi connectivity index (χ0) is 11.7. The Kier molecular flexibility index (Phi) is 2.71. The minimum absolute atomic E-state index is 0.0105. The maximum Gasteiger partial charge on any atom is 0.117 e. The third-order valence-corrected chi connectivity index (χ3v) is 3.28. The SMILES string of the molecule is O[C@H]1Cc2ccccc2[C@H]1NCc1ccco1. The number of hydrogen-bond donors (Lipinski definition) is 2. The Hall–Kier alpha value is -1.58. The van der Waals surface area contributed by atoms with E-state index in [2.05, 4.69) is 17.4 Å². The molecule has 2 atom stereocenters. The fraction of sp³-hybridized carbons (Fsp3) is 0.286. The molecule has 1 aliphatic rings. The maximum absolute atomic E-state index is 10.0. The number of rotatable bonds is 3. The Balaban J connectivity index is 1.75. The third-order valence-electron chi connectivity index (χ3n) is 3.28. The van der Waals surface area contributed by atoms with Gasteiger partial charge in [-0.2, -0.15) is 0 Å². The van der Waals surface area contributed by atoms with E-state index >= 15 is 0 Å². The van der Waals surface area contributed by atoms with Crippen molar-refractivity contribution in [2.45, 2.75) is 25.1 Å². The van der Waals surface area contributed by atoms with Crippen molar-refractivity contribution >= 4 is 0 Å². The van der Waals surface area contributed by atoms with Crippen LogP contribution in [0, 0.1) is 0 Å². The van der Waals surface area contributed by atoms with Gasteiger partial charge in [0.15, 0.2) is 0 Å². The summed E-state index contributed by atoms with van der Waals surface area (Å²) in [6.07, 6.45) is 2.05. The highest BCUT2D eigenvalue weighted by Crippen LogP contribution is 2.31. The highest BCUT2D eigenvalue weighted by molar-refractivity contribution is 5.36. The smallest absolute Gasteiger partial charge is 0.117 e. The number of nitrogens with one attached hydrogen (secondary N) is 1. The molecular weight excluding hydrogens is 214 g/mol. The minimum atomic E-state index is -0.345. The summed E-state index contributed by atoms with van der Waals surface area (Å²) in [7, 11) is 0. The standard InChI is InChI=1S/C14H15NO2/c16-13-8-10-4-1-2-6-12(10)14(13)15-9-11-5-3-7-17-11/h1-7,13-16H,8-9H2/t13-,14+/m0/s1. The van der Waals surface area contributed by atoms with Gasteiger partial charge in [-0.05, 0) is 23.3 Å². The van der Waals surface area contributed by atoms with Crippen LogP contribution in [-0.4, -0.2) is 11.2 Å². The van der Waals surface area contributed by atoms with Crippen molar-refractivity contribution in [3.8, 4) is 0 Å². The van der Waals surface area contributed by atoms with Gasteiger partial charge in [0.25, 0.3) is 0 Å². The van der Waals surface area contributed by atoms with Crippen LogP contribution in [0.15, 0.2) is 47.1 Å². The lowest BCUT2D eigenvalue weighted by molar-refractivity contribution is 0.139. The normalized spacial score (nSPS) is 22.6. The lowest BCUT2D eigenvalue weighted by Crippen LogP contribution is -2.28. The second-order valence-corrected chi connectivity index (χ2v) is 4.41. The third kappa shape index (κ3) is 1.99. The molecule has 0 aliphatic heterocycles. The van der Waals surface area contributed by atoms with E-state index in [0.717, 1.165) is 12.2 Å². The second kappa shape index (κ2) is 4.35. The van der Waals surface area contributed by atoms with Crippen LogP contribution < -0.4 is 5.32 Å². The van der Waals surface area contributed by atoms with Crippen LogP contribution in [0.1, 0.15) is 22.9 Å². The van der Waals surface area contributed by atoms with E-state index in [4.69, 9.17) is 4.42 Å². The van der Waals surface area contributed by atoms with Gasteiger partial charge in [-0.1, -0.05) is 24.3 Å². The van der Waals surface area contributed by atoms with Crippen LogP contribution in [0.3, 0.4) is 0 Å². The van der Waals surface area contributed by atoms with Gasteiger partial charge in [-0.25, -0.2) is 0 Å². The summed E-state index contributed by atoms with van der Waals surface area (Å²) in [6, 6.07) is 12.0. The molecule has 2 N–H and O–H groups in total. The molecule has 1 aromatic heterocycles. The van der Waals surface area contributed by atoms with Gasteiger partial charge in [-0.15, -0.1) is 0 Å². The van der Waals surface area contributed by atoms with Crippen LogP contribution >= 0.6 is 0 Å². The average Bonchev–Trinajstić information content (AvgIpc) is 2.93. The molecule has 0 radical (unpaired) electrons. The zero-order valence-corrected chi connectivity index (χ0v) is 9.47. The Bertz CT molecular complexity index is 493. The Morgan fingerprint density at radius 3 is 2.94 bits per heavy atom. The van der Waals surface area contributed by atoms with E-state index in [1.54, 1.807) is 6.26 Å². The maximum atomic E-state index is 10.0. The zero-order valence-electron chi connectivity index (χ0n) is 9.47. The molecule has 0 fully saturated rings. The number of fused-ring (bicyclic) bond motifs is 1. The van der Waals surface area contributed by atoms with E-state index in [9.17, 15) is 5.11 Å². The molecule has 0 saturated heterocycles. The highest BCUT2D eigenvalue weighted by Gasteiger charge is 2.30. The molecular formula is C14H15NO2. The van der Waals surface area contributed by atoms with Crippen molar-refractivity contribution in [2.75, 3.05) is 0 Å². The average molecular weight is 229 g/mol. The molecule has 3 heteroatoms. The summed E-state index contributed by atoms with van der Waals surface area (Å²) in [5.41, 5.74) is 2.43. The van der Waals surface area contributed by atoms with Crippen LogP contribution in [0.4, 0.5) is 0 Å². The van der Waals surface area contributed by atoms with Gasteiger partial charge in [0, 0.05) is 6.42 Å². The molecule has 0 bridgehead atoms. The summed E-state index contributed by atoms with van der Waals surface area (Å²) in [5, 5.41) is 13.4. The largest absolute Gasteiger partial charge is 0.468 e. The molecule has 0 saturated carbocycles. The minimum Gasteiger partial charge on any atom is -0.468 e. The second-order valence-electron chi connectivity index (χ2n) is 4.41. The predicted octanol–water partition coefficient (Wildman–Crippen LogP) is 2.03. The van der Waals surface area contributed by atoms with Crippen molar-refractivity contribution in [1.29, 1.82) is 0 Å². The Labute approximate surface area is 100 Å². The van der Waals surface area contributed by atoms with Gasteiger partial charge in [0.05, 0.1) is 25.0 Å². The van der Waals surface area contributed by atoms with Crippen molar-refractivity contribution in [3.05, 3.63) is 59.5 Å². The molecule has 0 amide bonds. The molecule has 3 rings (SSSR count). The number of aliphatic hydroxyl groups excluding tert-OH is 1. The van der Waals surface area contributed by atoms with Crippen LogP contribution in [0.5, 0.6) is 0 Å². The molecule has 88 valence electrons. The first-order chi connectivity index (χ1) is 8.34. The van der Waals surface area contributed by atoms with Crippen LogP contribution in [-0.2, 0) is 13.0 Å². The molecule has 1 aliphatic carbocycles. The molecule has 17 heavy (non-hydrogen) atoms. The lowest BCUT2D eigenvalue weighted by Gasteiger charge is -2.17. The van der Waals surface area contributed by atoms with Gasteiger partial charge in [0.1, 0.15) is 5.76 Å². The van der Waals surface area contributed by atoms with Crippen molar-refractivity contribution in [1.82, 2.24) is 5.32 Å². The summed E-state index contributed by atoms with van der Waals surface area (Å²) >= 11 is 0. The Morgan fingerprint density at radius 1 is 1.24 bits per heavy atom. The Morgan fingerprint density at radius 2 is 2.12 bits per heavy atom. The van der Waals surface area contributed by atoms with E-state index in [-0.39, 0.29) is 12.1 Å². The monoisotopic (exact) mass is 229 g/mol. The summed E-state index contributed by atoms with van der Waals surface area (Å²) in [5.74, 6) is 0.890. The van der Waals surface area contributed by atoms with Gasteiger partial charge >= 0.3 is 0 Å². The molecule has 3 nitrogen and oxygen atoms in total. The first-order valence-corrected chi connectivity index (χ1v) is 5.86. The molecule has 0 spiro atoms. The topological polar surface area (TPSA) is 45.4 Å². The molecule has 1 aromatic carbocycles. The number of aliphatic hydroxyl groups is 1. The first-order valence-electron chi connectivity index (χ1n) is 5.86. The summed E-state index contributed by atoms with van der Waals surface area (Å²) < 4.78 is 5.27. The van der Waals surface area contributed by atoms with E-state index in [1.807, 2.05) is 24.3 Å². The van der Waals surface area contributed by atoms with Crippen LogP contribution in [0.2, 0.25) is 0 Å². The fourth-order valence-corrected chi connectivity index (χ4v) is 2.44. The number of benzene rings is 1. The van der Waals surface area contributed by atoms with Crippen molar-refractivity contribution in [2.24, 2.45) is 0 Å². The summed E-state index contributed by atoms with van der Waals surface area (Å²) in [4.78, 5) is 0. The fourth-order valence-electron chi connectivity index (χ4n) is 2.44. The van der Waals surface area contributed by atoms with Gasteiger partial charge in [0.2, 0.25) is 0 Å². The molecule has 0 unspecified atom stereocenters.